The van der Waals surface area contributed by atoms with Crippen LogP contribution < -0.4 is 5.32 Å². The third-order valence-electron chi connectivity index (χ3n) is 3.87. The van der Waals surface area contributed by atoms with Gasteiger partial charge in [0.05, 0.1) is 17.3 Å². The van der Waals surface area contributed by atoms with Crippen molar-refractivity contribution in [1.82, 2.24) is 15.1 Å². The van der Waals surface area contributed by atoms with Crippen molar-refractivity contribution in [3.05, 3.63) is 18.0 Å². The van der Waals surface area contributed by atoms with Gasteiger partial charge in [-0.3, -0.25) is 4.68 Å². The second-order valence-electron chi connectivity index (χ2n) is 5.47. The molecular formula is C16H31N3O. The van der Waals surface area contributed by atoms with Crippen molar-refractivity contribution in [2.24, 2.45) is 0 Å². The molecule has 1 aromatic rings. The van der Waals surface area contributed by atoms with Gasteiger partial charge in [0.15, 0.2) is 0 Å². The smallest absolute Gasteiger partial charge is 0.0860 e. The number of nitrogens with zero attached hydrogens (tertiary/aromatic N) is 2. The van der Waals surface area contributed by atoms with E-state index in [0.29, 0.717) is 0 Å². The molecule has 20 heavy (non-hydrogen) atoms. The van der Waals surface area contributed by atoms with E-state index in [1.54, 1.807) is 0 Å². The lowest BCUT2D eigenvalue weighted by atomic mass is 9.90. The molecule has 1 heterocycles. The second-order valence-corrected chi connectivity index (χ2v) is 5.47. The summed E-state index contributed by atoms with van der Waals surface area (Å²) in [6.45, 7) is 13.5. The Balaban J connectivity index is 3.06. The molecule has 0 amide bonds. The molecule has 1 N–H and O–H groups in total. The lowest BCUT2D eigenvalue weighted by molar-refractivity contribution is -0.0582. The Morgan fingerprint density at radius 1 is 1.30 bits per heavy atom. The van der Waals surface area contributed by atoms with Gasteiger partial charge < -0.3 is 10.1 Å². The number of aromatic nitrogens is 2. The fourth-order valence-corrected chi connectivity index (χ4v) is 2.63. The molecule has 0 aliphatic rings. The van der Waals surface area contributed by atoms with E-state index in [4.69, 9.17) is 4.74 Å². The maximum Gasteiger partial charge on any atom is 0.0860 e. The number of ether oxygens (including phenoxy) is 1. The predicted octanol–water partition coefficient (Wildman–Crippen LogP) is 3.54. The molecule has 0 aliphatic carbocycles. The number of hydrogen-bond acceptors (Lipinski definition) is 3. The number of hydrogen-bond donors (Lipinski definition) is 1. The van der Waals surface area contributed by atoms with Crippen molar-refractivity contribution in [2.45, 2.75) is 72.1 Å². The van der Waals surface area contributed by atoms with Crippen LogP contribution in [0.5, 0.6) is 0 Å². The average Bonchev–Trinajstić information content (AvgIpc) is 2.88. The Morgan fingerprint density at radius 3 is 2.60 bits per heavy atom. The van der Waals surface area contributed by atoms with E-state index >= 15 is 0 Å². The minimum Gasteiger partial charge on any atom is -0.374 e. The first-order chi connectivity index (χ1) is 9.62. The summed E-state index contributed by atoms with van der Waals surface area (Å²) < 4.78 is 8.20. The van der Waals surface area contributed by atoms with Crippen LogP contribution in [0.2, 0.25) is 0 Å². The summed E-state index contributed by atoms with van der Waals surface area (Å²) >= 11 is 0. The maximum absolute atomic E-state index is 6.09. The van der Waals surface area contributed by atoms with Gasteiger partial charge >= 0.3 is 0 Å². The zero-order valence-corrected chi connectivity index (χ0v) is 13.8. The lowest BCUT2D eigenvalue weighted by Crippen LogP contribution is -2.45. The first-order valence-corrected chi connectivity index (χ1v) is 8.01. The molecular weight excluding hydrogens is 250 g/mol. The van der Waals surface area contributed by atoms with Gasteiger partial charge in [-0.25, -0.2) is 0 Å². The Bertz CT molecular complexity index is 378. The lowest BCUT2D eigenvalue weighted by Gasteiger charge is -2.37. The van der Waals surface area contributed by atoms with Gasteiger partial charge in [-0.05, 0) is 45.7 Å². The van der Waals surface area contributed by atoms with Crippen molar-refractivity contribution in [2.75, 3.05) is 13.2 Å². The van der Waals surface area contributed by atoms with Crippen LogP contribution in [-0.2, 0) is 11.3 Å². The van der Waals surface area contributed by atoms with Gasteiger partial charge in [0.1, 0.15) is 0 Å². The summed E-state index contributed by atoms with van der Waals surface area (Å²) in [4.78, 5) is 0. The van der Waals surface area contributed by atoms with Crippen LogP contribution in [0.3, 0.4) is 0 Å². The zero-order chi connectivity index (χ0) is 15.0. The van der Waals surface area contributed by atoms with Crippen molar-refractivity contribution in [3.63, 3.8) is 0 Å². The Morgan fingerprint density at radius 2 is 2.05 bits per heavy atom. The van der Waals surface area contributed by atoms with Gasteiger partial charge in [0.25, 0.3) is 0 Å². The molecule has 116 valence electrons. The molecule has 0 spiro atoms. The summed E-state index contributed by atoms with van der Waals surface area (Å²) in [5.41, 5.74) is 1.04. The highest BCUT2D eigenvalue weighted by Crippen LogP contribution is 2.32. The minimum atomic E-state index is -0.199. The van der Waals surface area contributed by atoms with E-state index in [-0.39, 0.29) is 11.6 Å². The van der Waals surface area contributed by atoms with E-state index in [1.807, 2.05) is 6.20 Å². The zero-order valence-electron chi connectivity index (χ0n) is 13.8. The van der Waals surface area contributed by atoms with Crippen LogP contribution in [0.15, 0.2) is 12.3 Å². The molecule has 0 saturated heterocycles. The molecule has 0 aromatic carbocycles. The van der Waals surface area contributed by atoms with Gasteiger partial charge in [-0.15, -0.1) is 0 Å². The molecule has 0 fully saturated rings. The third-order valence-corrected chi connectivity index (χ3v) is 3.87. The van der Waals surface area contributed by atoms with E-state index in [0.717, 1.165) is 39.0 Å². The van der Waals surface area contributed by atoms with Gasteiger partial charge in [-0.2, -0.15) is 5.10 Å². The second kappa shape index (κ2) is 8.42. The van der Waals surface area contributed by atoms with Crippen LogP contribution in [0.25, 0.3) is 0 Å². The van der Waals surface area contributed by atoms with E-state index in [1.165, 1.54) is 5.69 Å². The van der Waals surface area contributed by atoms with Crippen molar-refractivity contribution in [1.29, 1.82) is 0 Å². The minimum absolute atomic E-state index is 0.182. The molecule has 0 bridgehead atoms. The summed E-state index contributed by atoms with van der Waals surface area (Å²) in [6, 6.07) is 2.30. The number of rotatable bonds is 10. The molecule has 4 nitrogen and oxygen atoms in total. The van der Waals surface area contributed by atoms with Gasteiger partial charge in [0, 0.05) is 19.3 Å². The van der Waals surface area contributed by atoms with Gasteiger partial charge in [-0.1, -0.05) is 20.8 Å². The van der Waals surface area contributed by atoms with E-state index in [9.17, 15) is 0 Å². The quantitative estimate of drug-likeness (QED) is 0.713. The Kier molecular flexibility index (Phi) is 7.24. The highest BCUT2D eigenvalue weighted by Gasteiger charge is 2.36. The monoisotopic (exact) mass is 281 g/mol. The molecule has 1 aromatic heterocycles. The number of nitrogens with one attached hydrogen (secondary N) is 1. The summed E-state index contributed by atoms with van der Waals surface area (Å²) in [6.07, 6.45) is 5.07. The van der Waals surface area contributed by atoms with Crippen LogP contribution in [0.1, 0.15) is 65.6 Å². The molecule has 0 saturated carbocycles. The fourth-order valence-electron chi connectivity index (χ4n) is 2.63. The van der Waals surface area contributed by atoms with E-state index in [2.05, 4.69) is 55.8 Å². The Hall–Kier alpha value is -0.870. The molecule has 2 unspecified atom stereocenters. The predicted molar refractivity (Wildman–Crippen MR) is 83.9 cm³/mol. The molecule has 1 rings (SSSR count). The third kappa shape index (κ3) is 4.06. The van der Waals surface area contributed by atoms with Gasteiger partial charge in [0.2, 0.25) is 0 Å². The normalized spacial score (nSPS) is 16.1. The largest absolute Gasteiger partial charge is 0.374 e. The summed E-state index contributed by atoms with van der Waals surface area (Å²) in [7, 11) is 0. The Labute approximate surface area is 123 Å². The molecule has 2 atom stereocenters. The van der Waals surface area contributed by atoms with Crippen LogP contribution >= 0.6 is 0 Å². The topological polar surface area (TPSA) is 39.1 Å². The molecule has 4 heteroatoms. The molecule has 0 radical (unpaired) electrons. The summed E-state index contributed by atoms with van der Waals surface area (Å²) in [5, 5.41) is 8.13. The van der Waals surface area contributed by atoms with Crippen molar-refractivity contribution >= 4 is 0 Å². The summed E-state index contributed by atoms with van der Waals surface area (Å²) in [5.74, 6) is 0. The highest BCUT2D eigenvalue weighted by atomic mass is 16.5. The van der Waals surface area contributed by atoms with E-state index < -0.39 is 0 Å². The SMILES string of the molecule is CCCNC(c1ccnn1CCC)C(C)(CC)OCC. The molecule has 0 aliphatic heterocycles. The van der Waals surface area contributed by atoms with Crippen molar-refractivity contribution < 1.29 is 4.74 Å². The fraction of sp³-hybridized carbons (Fsp3) is 0.812. The van der Waals surface area contributed by atoms with Crippen LogP contribution in [0, 0.1) is 0 Å². The van der Waals surface area contributed by atoms with Crippen molar-refractivity contribution in [3.8, 4) is 0 Å². The maximum atomic E-state index is 6.09. The standard InChI is InChI=1S/C16H31N3O/c1-6-11-17-15(16(5,8-3)20-9-4)14-10-12-18-19(14)13-7-2/h10,12,15,17H,6-9,11,13H2,1-5H3. The average molecular weight is 281 g/mol. The highest BCUT2D eigenvalue weighted by molar-refractivity contribution is 5.13. The first kappa shape index (κ1) is 17.2. The van der Waals surface area contributed by atoms with Crippen LogP contribution in [-0.4, -0.2) is 28.5 Å². The van der Waals surface area contributed by atoms with Crippen LogP contribution in [0.4, 0.5) is 0 Å². The first-order valence-electron chi connectivity index (χ1n) is 8.01. The number of aryl methyl sites for hydroxylation is 1.